The quantitative estimate of drug-likeness (QED) is 0.224. The van der Waals surface area contributed by atoms with Crippen LogP contribution in [0.5, 0.6) is 5.75 Å². The summed E-state index contributed by atoms with van der Waals surface area (Å²) >= 11 is 1.25. The maximum atomic E-state index is 15.0. The summed E-state index contributed by atoms with van der Waals surface area (Å²) in [5.41, 5.74) is 1.99. The lowest BCUT2D eigenvalue weighted by molar-refractivity contribution is -0.132. The Morgan fingerprint density at radius 3 is 2.54 bits per heavy atom. The highest BCUT2D eigenvalue weighted by Crippen LogP contribution is 2.45. The van der Waals surface area contributed by atoms with Crippen molar-refractivity contribution in [3.63, 3.8) is 0 Å². The van der Waals surface area contributed by atoms with Gasteiger partial charge in [0, 0.05) is 11.1 Å². The van der Waals surface area contributed by atoms with Gasteiger partial charge < -0.3 is 9.84 Å². The summed E-state index contributed by atoms with van der Waals surface area (Å²) in [7, 11) is 1.51. The molecule has 1 aliphatic heterocycles. The summed E-state index contributed by atoms with van der Waals surface area (Å²) in [5, 5.41) is 11.4. The summed E-state index contributed by atoms with van der Waals surface area (Å²) < 4.78 is 21.0. The van der Waals surface area contributed by atoms with Gasteiger partial charge in [0.05, 0.1) is 22.9 Å². The number of rotatable bonds is 5. The number of aryl methyl sites for hydroxylation is 1. The minimum Gasteiger partial charge on any atom is -0.507 e. The second-order valence-corrected chi connectivity index (χ2v) is 9.08. The van der Waals surface area contributed by atoms with E-state index < -0.39 is 29.3 Å². The molecular formula is C27H21FN2O4S. The van der Waals surface area contributed by atoms with E-state index in [2.05, 4.69) is 4.98 Å². The molecule has 1 atom stereocenters. The van der Waals surface area contributed by atoms with Crippen LogP contribution in [0.15, 0.2) is 72.3 Å². The van der Waals surface area contributed by atoms with Crippen LogP contribution >= 0.6 is 11.3 Å². The van der Waals surface area contributed by atoms with Crippen LogP contribution < -0.4 is 9.64 Å². The third-order valence-electron chi connectivity index (χ3n) is 6.06. The van der Waals surface area contributed by atoms with E-state index in [0.717, 1.165) is 16.7 Å². The number of hydrogen-bond donors (Lipinski definition) is 1. The van der Waals surface area contributed by atoms with Crippen molar-refractivity contribution in [2.45, 2.75) is 19.4 Å². The number of halogens is 1. The Hall–Kier alpha value is -4.04. The second kappa shape index (κ2) is 8.96. The first-order valence-electron chi connectivity index (χ1n) is 11.0. The average molecular weight is 489 g/mol. The first kappa shape index (κ1) is 22.7. The number of aliphatic hydroxyl groups is 1. The maximum absolute atomic E-state index is 15.0. The number of carbonyl (C=O) groups is 2. The van der Waals surface area contributed by atoms with Gasteiger partial charge in [0.15, 0.2) is 5.13 Å². The molecule has 1 aliphatic rings. The van der Waals surface area contributed by atoms with Crippen LogP contribution in [0.25, 0.3) is 16.0 Å². The summed E-state index contributed by atoms with van der Waals surface area (Å²) in [6, 6.07) is 16.9. The van der Waals surface area contributed by atoms with E-state index in [1.807, 2.05) is 25.1 Å². The second-order valence-electron chi connectivity index (χ2n) is 8.07. The van der Waals surface area contributed by atoms with Crippen molar-refractivity contribution in [2.75, 3.05) is 12.0 Å². The molecule has 1 N–H and O–H groups in total. The smallest absolute Gasteiger partial charge is 0.301 e. The highest BCUT2D eigenvalue weighted by Gasteiger charge is 2.49. The standard InChI is InChI=1S/C27H21FN2O4S/c1-3-15-8-13-20-21(14-15)35-27(29-20)30-23(18-6-4-5-7-19(18)28)22(25(32)26(30)33)24(31)16-9-11-17(34-2)12-10-16/h4-14,23,31H,3H2,1-2H3/b24-22+/t23-/m0/s1. The molecule has 1 saturated heterocycles. The minimum absolute atomic E-state index is 0.0928. The molecule has 0 spiro atoms. The van der Waals surface area contributed by atoms with E-state index in [1.54, 1.807) is 30.3 Å². The van der Waals surface area contributed by atoms with Gasteiger partial charge in [0.25, 0.3) is 5.78 Å². The van der Waals surface area contributed by atoms with Crippen molar-refractivity contribution in [3.8, 4) is 5.75 Å². The van der Waals surface area contributed by atoms with Crippen LogP contribution in [-0.4, -0.2) is 28.9 Å². The first-order chi connectivity index (χ1) is 16.9. The number of anilines is 1. The molecule has 176 valence electrons. The molecule has 0 aliphatic carbocycles. The fourth-order valence-electron chi connectivity index (χ4n) is 4.21. The maximum Gasteiger partial charge on any atom is 0.301 e. The Bertz CT molecular complexity index is 1490. The molecular weight excluding hydrogens is 467 g/mol. The molecule has 3 aromatic carbocycles. The van der Waals surface area contributed by atoms with Crippen LogP contribution in [0.3, 0.4) is 0 Å². The lowest BCUT2D eigenvalue weighted by atomic mass is 9.95. The molecule has 1 amide bonds. The zero-order valence-electron chi connectivity index (χ0n) is 19.0. The summed E-state index contributed by atoms with van der Waals surface area (Å²) in [5.74, 6) is -2.20. The summed E-state index contributed by atoms with van der Waals surface area (Å²) in [6.07, 6.45) is 0.838. The Kier molecular flexibility index (Phi) is 5.82. The van der Waals surface area contributed by atoms with E-state index >= 15 is 4.39 Å². The van der Waals surface area contributed by atoms with E-state index in [1.165, 1.54) is 41.5 Å². The first-order valence-corrected chi connectivity index (χ1v) is 11.8. The van der Waals surface area contributed by atoms with Gasteiger partial charge in [-0.15, -0.1) is 0 Å². The molecule has 8 heteroatoms. The highest BCUT2D eigenvalue weighted by atomic mass is 32.1. The van der Waals surface area contributed by atoms with E-state index in [0.29, 0.717) is 16.8 Å². The number of nitrogens with zero attached hydrogens (tertiary/aromatic N) is 2. The Balaban J connectivity index is 1.72. The van der Waals surface area contributed by atoms with Crippen LogP contribution in [0.2, 0.25) is 0 Å². The number of aromatic nitrogens is 1. The number of Topliss-reactive ketones (excluding diaryl/α,β-unsaturated/α-hetero) is 1. The van der Waals surface area contributed by atoms with Crippen LogP contribution in [0, 0.1) is 5.82 Å². The lowest BCUT2D eigenvalue weighted by Gasteiger charge is -2.23. The van der Waals surface area contributed by atoms with Crippen molar-refractivity contribution in [2.24, 2.45) is 0 Å². The number of hydrogen-bond acceptors (Lipinski definition) is 6. The topological polar surface area (TPSA) is 79.7 Å². The molecule has 5 rings (SSSR count). The number of carbonyl (C=O) groups excluding carboxylic acids is 2. The van der Waals surface area contributed by atoms with Gasteiger partial charge in [0.1, 0.15) is 23.4 Å². The molecule has 0 bridgehead atoms. The number of amides is 1. The van der Waals surface area contributed by atoms with Gasteiger partial charge >= 0.3 is 5.91 Å². The largest absolute Gasteiger partial charge is 0.507 e. The third-order valence-corrected chi connectivity index (χ3v) is 7.08. The Morgan fingerprint density at radius 1 is 1.11 bits per heavy atom. The van der Waals surface area contributed by atoms with Crippen molar-refractivity contribution in [3.05, 3.63) is 94.8 Å². The van der Waals surface area contributed by atoms with Crippen molar-refractivity contribution in [1.82, 2.24) is 4.98 Å². The SMILES string of the molecule is CCc1ccc2nc(N3C(=O)C(=O)/C(=C(/O)c4ccc(OC)cc4)[C@@H]3c3ccccc3F)sc2c1. The van der Waals surface area contributed by atoms with E-state index in [4.69, 9.17) is 4.74 Å². The highest BCUT2D eigenvalue weighted by molar-refractivity contribution is 7.22. The fraction of sp³-hybridized carbons (Fsp3) is 0.148. The van der Waals surface area contributed by atoms with Crippen LogP contribution in [0.1, 0.15) is 29.7 Å². The number of ether oxygens (including phenoxy) is 1. The third kappa shape index (κ3) is 3.85. The zero-order chi connectivity index (χ0) is 24.7. The Morgan fingerprint density at radius 2 is 1.86 bits per heavy atom. The number of aliphatic hydroxyl groups excluding tert-OH is 1. The van der Waals surface area contributed by atoms with E-state index in [-0.39, 0.29) is 16.3 Å². The van der Waals surface area contributed by atoms with Gasteiger partial charge in [-0.3, -0.25) is 14.5 Å². The van der Waals surface area contributed by atoms with Gasteiger partial charge in [0.2, 0.25) is 0 Å². The monoisotopic (exact) mass is 488 g/mol. The van der Waals surface area contributed by atoms with Gasteiger partial charge in [-0.2, -0.15) is 0 Å². The molecule has 0 unspecified atom stereocenters. The average Bonchev–Trinajstić information content (AvgIpc) is 3.41. The predicted octanol–water partition coefficient (Wildman–Crippen LogP) is 5.63. The predicted molar refractivity (Wildman–Crippen MR) is 133 cm³/mol. The van der Waals surface area contributed by atoms with Crippen molar-refractivity contribution in [1.29, 1.82) is 0 Å². The lowest BCUT2D eigenvalue weighted by Crippen LogP contribution is -2.29. The van der Waals surface area contributed by atoms with Gasteiger partial charge in [-0.25, -0.2) is 9.37 Å². The number of benzene rings is 3. The van der Waals surface area contributed by atoms with Gasteiger partial charge in [-0.1, -0.05) is 42.5 Å². The minimum atomic E-state index is -1.18. The van der Waals surface area contributed by atoms with E-state index in [9.17, 15) is 14.7 Å². The van der Waals surface area contributed by atoms with Gasteiger partial charge in [-0.05, 0) is 54.4 Å². The van der Waals surface area contributed by atoms with Crippen molar-refractivity contribution >= 4 is 44.1 Å². The number of methoxy groups -OCH3 is 1. The van der Waals surface area contributed by atoms with Crippen molar-refractivity contribution < 1.29 is 23.8 Å². The molecule has 0 saturated carbocycles. The summed E-state index contributed by atoms with van der Waals surface area (Å²) in [6.45, 7) is 2.04. The summed E-state index contributed by atoms with van der Waals surface area (Å²) in [4.78, 5) is 32.3. The van der Waals surface area contributed by atoms with Crippen LogP contribution in [0.4, 0.5) is 9.52 Å². The molecule has 4 aromatic rings. The molecule has 1 aromatic heterocycles. The number of ketones is 1. The number of fused-ring (bicyclic) bond motifs is 1. The molecule has 6 nitrogen and oxygen atoms in total. The molecule has 0 radical (unpaired) electrons. The molecule has 1 fully saturated rings. The number of thiazole rings is 1. The normalized spacial score (nSPS) is 17.3. The zero-order valence-corrected chi connectivity index (χ0v) is 19.8. The van der Waals surface area contributed by atoms with Crippen LogP contribution in [-0.2, 0) is 16.0 Å². The fourth-order valence-corrected chi connectivity index (χ4v) is 5.26. The Labute approximate surface area is 204 Å². The molecule has 2 heterocycles. The molecule has 35 heavy (non-hydrogen) atoms.